The topological polar surface area (TPSA) is 29.5 Å². The lowest BCUT2D eigenvalue weighted by molar-refractivity contribution is -0.135. The number of amides is 1. The van der Waals surface area contributed by atoms with Gasteiger partial charge in [-0.05, 0) is 53.8 Å². The second kappa shape index (κ2) is 6.69. The maximum absolute atomic E-state index is 12.2. The number of rotatable bonds is 3. The van der Waals surface area contributed by atoms with Crippen molar-refractivity contribution in [3.05, 3.63) is 40.9 Å². The van der Waals surface area contributed by atoms with E-state index in [1.165, 1.54) is 6.42 Å². The van der Waals surface area contributed by atoms with E-state index in [1.54, 1.807) is 0 Å². The highest BCUT2D eigenvalue weighted by Crippen LogP contribution is 2.24. The fourth-order valence-corrected chi connectivity index (χ4v) is 3.32. The van der Waals surface area contributed by atoms with Crippen molar-refractivity contribution in [2.24, 2.45) is 5.92 Å². The number of hydrogen-bond acceptors (Lipinski definition) is 2. The minimum Gasteiger partial charge on any atom is -0.484 e. The van der Waals surface area contributed by atoms with Gasteiger partial charge in [-0.1, -0.05) is 35.0 Å². The summed E-state index contributed by atoms with van der Waals surface area (Å²) in [7, 11) is 0. The van der Waals surface area contributed by atoms with Crippen LogP contribution in [0.25, 0.3) is 10.8 Å². The molecule has 0 unspecified atom stereocenters. The monoisotopic (exact) mass is 361 g/mol. The molecule has 4 heteroatoms. The number of nitrogens with zero attached hydrogens (tertiary/aromatic N) is 1. The maximum Gasteiger partial charge on any atom is 0.260 e. The first kappa shape index (κ1) is 15.3. The second-order valence-electron chi connectivity index (χ2n) is 6.03. The third-order valence-electron chi connectivity index (χ3n) is 4.15. The summed E-state index contributed by atoms with van der Waals surface area (Å²) in [6, 6.07) is 12.0. The molecule has 22 heavy (non-hydrogen) atoms. The molecule has 1 amide bonds. The number of hydrogen-bond donors (Lipinski definition) is 0. The molecular formula is C18H20BrNO2. The van der Waals surface area contributed by atoms with Gasteiger partial charge in [0, 0.05) is 17.6 Å². The molecule has 3 nitrogen and oxygen atoms in total. The zero-order valence-electron chi connectivity index (χ0n) is 12.7. The molecule has 0 spiro atoms. The van der Waals surface area contributed by atoms with Gasteiger partial charge < -0.3 is 9.64 Å². The van der Waals surface area contributed by atoms with E-state index in [4.69, 9.17) is 4.74 Å². The molecule has 0 N–H and O–H groups in total. The summed E-state index contributed by atoms with van der Waals surface area (Å²) >= 11 is 3.47. The van der Waals surface area contributed by atoms with Crippen LogP contribution in [-0.4, -0.2) is 30.5 Å². The molecule has 1 saturated heterocycles. The zero-order chi connectivity index (χ0) is 15.5. The second-order valence-corrected chi connectivity index (χ2v) is 6.94. The fraction of sp³-hybridized carbons (Fsp3) is 0.389. The first-order chi connectivity index (χ1) is 10.6. The Morgan fingerprint density at radius 3 is 2.86 bits per heavy atom. The Labute approximate surface area is 139 Å². The van der Waals surface area contributed by atoms with Crippen molar-refractivity contribution in [1.82, 2.24) is 4.90 Å². The predicted octanol–water partition coefficient (Wildman–Crippen LogP) is 4.24. The third-order valence-corrected chi connectivity index (χ3v) is 4.64. The molecule has 0 radical (unpaired) electrons. The predicted molar refractivity (Wildman–Crippen MR) is 92.1 cm³/mol. The van der Waals surface area contributed by atoms with Gasteiger partial charge in [-0.2, -0.15) is 0 Å². The molecule has 2 aromatic carbocycles. The Bertz CT molecular complexity index is 686. The molecule has 1 aliphatic rings. The van der Waals surface area contributed by atoms with Gasteiger partial charge in [-0.25, -0.2) is 0 Å². The molecule has 0 saturated carbocycles. The first-order valence-corrected chi connectivity index (χ1v) is 8.51. The summed E-state index contributed by atoms with van der Waals surface area (Å²) in [6.45, 7) is 4.03. The number of likely N-dealkylation sites (tertiary alicyclic amines) is 1. The van der Waals surface area contributed by atoms with Crippen LogP contribution < -0.4 is 4.74 Å². The summed E-state index contributed by atoms with van der Waals surface area (Å²) in [5, 5.41) is 2.26. The third kappa shape index (κ3) is 3.61. The number of piperidine rings is 1. The zero-order valence-corrected chi connectivity index (χ0v) is 14.3. The van der Waals surface area contributed by atoms with Gasteiger partial charge in [0.2, 0.25) is 0 Å². The van der Waals surface area contributed by atoms with Crippen molar-refractivity contribution in [1.29, 1.82) is 0 Å². The van der Waals surface area contributed by atoms with Gasteiger partial charge in [0.15, 0.2) is 6.61 Å². The van der Waals surface area contributed by atoms with Gasteiger partial charge in [0.05, 0.1) is 0 Å². The number of carbonyl (C=O) groups excluding carboxylic acids is 1. The van der Waals surface area contributed by atoms with Crippen LogP contribution in [-0.2, 0) is 4.79 Å². The lowest BCUT2D eigenvalue weighted by atomic mass is 10.0. The van der Waals surface area contributed by atoms with Crippen molar-refractivity contribution in [2.75, 3.05) is 19.7 Å². The average molecular weight is 362 g/mol. The molecule has 1 atom stereocenters. The Morgan fingerprint density at radius 1 is 1.27 bits per heavy atom. The Morgan fingerprint density at radius 2 is 2.05 bits per heavy atom. The summed E-state index contributed by atoms with van der Waals surface area (Å²) in [5.41, 5.74) is 0. The van der Waals surface area contributed by atoms with Crippen LogP contribution in [0.1, 0.15) is 19.8 Å². The van der Waals surface area contributed by atoms with Crippen LogP contribution in [0, 0.1) is 5.92 Å². The molecule has 1 heterocycles. The number of fused-ring (bicyclic) bond motifs is 1. The van der Waals surface area contributed by atoms with Gasteiger partial charge in [-0.3, -0.25) is 4.79 Å². The highest BCUT2D eigenvalue weighted by atomic mass is 79.9. The van der Waals surface area contributed by atoms with E-state index in [0.717, 1.165) is 40.5 Å². The van der Waals surface area contributed by atoms with Crippen molar-refractivity contribution in [3.63, 3.8) is 0 Å². The van der Waals surface area contributed by atoms with Crippen molar-refractivity contribution >= 4 is 32.6 Å². The standard InChI is InChI=1S/C18H20BrNO2/c1-13-3-2-8-20(11-13)18(21)12-22-17-7-5-14-9-16(19)6-4-15(14)10-17/h4-7,9-10,13H,2-3,8,11-12H2,1H3/t13-/m0/s1. The van der Waals surface area contributed by atoms with E-state index in [9.17, 15) is 4.79 Å². The first-order valence-electron chi connectivity index (χ1n) is 7.72. The van der Waals surface area contributed by atoms with Crippen LogP contribution in [0.5, 0.6) is 5.75 Å². The highest BCUT2D eigenvalue weighted by molar-refractivity contribution is 9.10. The van der Waals surface area contributed by atoms with Crippen molar-refractivity contribution in [3.8, 4) is 5.75 Å². The summed E-state index contributed by atoms with van der Waals surface area (Å²) in [6.07, 6.45) is 2.31. The van der Waals surface area contributed by atoms with Gasteiger partial charge in [0.1, 0.15) is 5.75 Å². The Balaban J connectivity index is 1.63. The Kier molecular flexibility index (Phi) is 4.67. The number of ether oxygens (including phenoxy) is 1. The SMILES string of the molecule is C[C@H]1CCCN(C(=O)COc2ccc3cc(Br)ccc3c2)C1. The van der Waals surface area contributed by atoms with Crippen molar-refractivity contribution < 1.29 is 9.53 Å². The quantitative estimate of drug-likeness (QED) is 0.818. The number of halogens is 1. The highest BCUT2D eigenvalue weighted by Gasteiger charge is 2.21. The lowest BCUT2D eigenvalue weighted by Crippen LogP contribution is -2.41. The van der Waals surface area contributed by atoms with E-state index in [2.05, 4.69) is 28.9 Å². The van der Waals surface area contributed by atoms with E-state index in [1.807, 2.05) is 35.2 Å². The summed E-state index contributed by atoms with van der Waals surface area (Å²) < 4.78 is 6.75. The minimum absolute atomic E-state index is 0.0856. The average Bonchev–Trinajstić information content (AvgIpc) is 2.52. The van der Waals surface area contributed by atoms with Crippen molar-refractivity contribution in [2.45, 2.75) is 19.8 Å². The van der Waals surface area contributed by atoms with Crippen LogP contribution in [0.2, 0.25) is 0 Å². The number of benzene rings is 2. The Hall–Kier alpha value is -1.55. The molecule has 116 valence electrons. The molecule has 1 aliphatic heterocycles. The molecule has 0 aromatic heterocycles. The van der Waals surface area contributed by atoms with Crippen LogP contribution in [0.4, 0.5) is 0 Å². The lowest BCUT2D eigenvalue weighted by Gasteiger charge is -2.30. The van der Waals surface area contributed by atoms with Gasteiger partial charge >= 0.3 is 0 Å². The van der Waals surface area contributed by atoms with E-state index < -0.39 is 0 Å². The molecular weight excluding hydrogens is 342 g/mol. The van der Waals surface area contributed by atoms with Crippen LogP contribution in [0.15, 0.2) is 40.9 Å². The molecule has 0 aliphatic carbocycles. The largest absolute Gasteiger partial charge is 0.484 e. The van der Waals surface area contributed by atoms with E-state index in [0.29, 0.717) is 5.92 Å². The minimum atomic E-state index is 0.0856. The van der Waals surface area contributed by atoms with E-state index >= 15 is 0 Å². The molecule has 0 bridgehead atoms. The molecule has 1 fully saturated rings. The van der Waals surface area contributed by atoms with Gasteiger partial charge in [0.25, 0.3) is 5.91 Å². The molecule has 3 rings (SSSR count). The summed E-state index contributed by atoms with van der Waals surface area (Å²) in [5.74, 6) is 1.42. The fourth-order valence-electron chi connectivity index (χ4n) is 2.94. The van der Waals surface area contributed by atoms with Crippen LogP contribution in [0.3, 0.4) is 0 Å². The number of carbonyl (C=O) groups is 1. The van der Waals surface area contributed by atoms with Crippen LogP contribution >= 0.6 is 15.9 Å². The normalized spacial score (nSPS) is 18.5. The van der Waals surface area contributed by atoms with E-state index in [-0.39, 0.29) is 12.5 Å². The maximum atomic E-state index is 12.2. The van der Waals surface area contributed by atoms with Gasteiger partial charge in [-0.15, -0.1) is 0 Å². The summed E-state index contributed by atoms with van der Waals surface area (Å²) in [4.78, 5) is 14.1. The smallest absolute Gasteiger partial charge is 0.260 e. The molecule has 2 aromatic rings.